The fraction of sp³-hybridized carbons (Fsp3) is 0.333. The van der Waals surface area contributed by atoms with Gasteiger partial charge in [0.2, 0.25) is 0 Å². The number of aromatic nitrogens is 4. The van der Waals surface area contributed by atoms with Gasteiger partial charge in [0.1, 0.15) is 5.69 Å². The number of rotatable bonds is 4. The van der Waals surface area contributed by atoms with Crippen LogP contribution in [0, 0.1) is 5.41 Å². The number of fused-ring (bicyclic) bond motifs is 1. The molecule has 1 aliphatic carbocycles. The summed E-state index contributed by atoms with van der Waals surface area (Å²) in [6, 6.07) is 10.2. The predicted molar refractivity (Wildman–Crippen MR) is 102 cm³/mol. The van der Waals surface area contributed by atoms with Gasteiger partial charge in [0.05, 0.1) is 25.0 Å². The zero-order valence-corrected chi connectivity index (χ0v) is 15.6. The highest BCUT2D eigenvalue weighted by Gasteiger charge is 2.36. The van der Waals surface area contributed by atoms with Crippen molar-refractivity contribution in [2.45, 2.75) is 39.3 Å². The van der Waals surface area contributed by atoms with E-state index in [0.717, 1.165) is 24.9 Å². The summed E-state index contributed by atoms with van der Waals surface area (Å²) in [5.41, 5.74) is 3.91. The molecular formula is C21H23N5O. The highest BCUT2D eigenvalue weighted by molar-refractivity contribution is 5.92. The molecule has 1 aromatic carbocycles. The summed E-state index contributed by atoms with van der Waals surface area (Å²) in [6.45, 7) is 5.20. The Bertz CT molecular complexity index is 934. The summed E-state index contributed by atoms with van der Waals surface area (Å²) in [5.74, 6) is -0.201. The van der Waals surface area contributed by atoms with Crippen LogP contribution >= 0.6 is 0 Å². The van der Waals surface area contributed by atoms with Gasteiger partial charge in [-0.2, -0.15) is 5.10 Å². The van der Waals surface area contributed by atoms with Gasteiger partial charge >= 0.3 is 0 Å². The summed E-state index contributed by atoms with van der Waals surface area (Å²) >= 11 is 0. The molecule has 1 N–H and O–H groups in total. The number of hydrogen-bond donors (Lipinski definition) is 1. The van der Waals surface area contributed by atoms with E-state index >= 15 is 0 Å². The van der Waals surface area contributed by atoms with Gasteiger partial charge < -0.3 is 5.32 Å². The van der Waals surface area contributed by atoms with E-state index in [0.29, 0.717) is 5.69 Å². The highest BCUT2D eigenvalue weighted by Crippen LogP contribution is 2.40. The third-order valence-electron chi connectivity index (χ3n) is 5.04. The van der Waals surface area contributed by atoms with Crippen molar-refractivity contribution in [3.8, 4) is 0 Å². The van der Waals surface area contributed by atoms with E-state index in [4.69, 9.17) is 0 Å². The monoisotopic (exact) mass is 361 g/mol. The topological polar surface area (TPSA) is 72.7 Å². The van der Waals surface area contributed by atoms with E-state index in [9.17, 15) is 4.79 Å². The Morgan fingerprint density at radius 3 is 2.78 bits per heavy atom. The van der Waals surface area contributed by atoms with Gasteiger partial charge in [-0.15, -0.1) is 0 Å². The maximum absolute atomic E-state index is 12.6. The Kier molecular flexibility index (Phi) is 4.48. The zero-order chi connectivity index (χ0) is 18.9. The first-order chi connectivity index (χ1) is 13.0. The minimum atomic E-state index is -0.201. The summed E-state index contributed by atoms with van der Waals surface area (Å²) in [6.07, 6.45) is 8.28. The lowest BCUT2D eigenvalue weighted by atomic mass is 9.74. The number of benzene rings is 1. The molecule has 0 radical (unpaired) electrons. The number of nitrogens with zero attached hydrogens (tertiary/aromatic N) is 4. The lowest BCUT2D eigenvalue weighted by Crippen LogP contribution is -2.37. The van der Waals surface area contributed by atoms with Gasteiger partial charge in [0, 0.05) is 23.7 Å². The summed E-state index contributed by atoms with van der Waals surface area (Å²) in [5, 5.41) is 7.76. The van der Waals surface area contributed by atoms with Crippen LogP contribution in [0.3, 0.4) is 0 Å². The fourth-order valence-corrected chi connectivity index (χ4v) is 3.77. The number of nitrogens with one attached hydrogen (secondary N) is 1. The molecule has 1 aliphatic rings. The Morgan fingerprint density at radius 1 is 1.22 bits per heavy atom. The van der Waals surface area contributed by atoms with Crippen LogP contribution in [-0.4, -0.2) is 25.7 Å². The molecule has 0 saturated heterocycles. The minimum absolute atomic E-state index is 0.0712. The van der Waals surface area contributed by atoms with Gasteiger partial charge in [-0.1, -0.05) is 44.2 Å². The molecule has 0 spiro atoms. The molecule has 0 bridgehead atoms. The van der Waals surface area contributed by atoms with Crippen LogP contribution in [0.5, 0.6) is 0 Å². The quantitative estimate of drug-likeness (QED) is 0.775. The van der Waals surface area contributed by atoms with Crippen molar-refractivity contribution < 1.29 is 4.79 Å². The first kappa shape index (κ1) is 17.4. The van der Waals surface area contributed by atoms with Gasteiger partial charge in [-0.05, 0) is 23.8 Å². The van der Waals surface area contributed by atoms with Gasteiger partial charge in [0.25, 0.3) is 5.91 Å². The molecule has 1 amide bonds. The van der Waals surface area contributed by atoms with Gasteiger partial charge in [-0.3, -0.25) is 14.5 Å². The largest absolute Gasteiger partial charge is 0.344 e. The van der Waals surface area contributed by atoms with Crippen LogP contribution in [0.2, 0.25) is 0 Å². The van der Waals surface area contributed by atoms with Crippen LogP contribution in [0.4, 0.5) is 0 Å². The molecule has 6 nitrogen and oxygen atoms in total. The average Bonchev–Trinajstić information content (AvgIpc) is 3.05. The summed E-state index contributed by atoms with van der Waals surface area (Å²) in [7, 11) is 0. The average molecular weight is 361 g/mol. The van der Waals surface area contributed by atoms with Crippen molar-refractivity contribution >= 4 is 5.91 Å². The van der Waals surface area contributed by atoms with Crippen molar-refractivity contribution in [1.29, 1.82) is 0 Å². The van der Waals surface area contributed by atoms with E-state index in [1.807, 2.05) is 24.4 Å². The lowest BCUT2D eigenvalue weighted by Gasteiger charge is -2.36. The first-order valence-electron chi connectivity index (χ1n) is 9.17. The first-order valence-corrected chi connectivity index (χ1v) is 9.17. The van der Waals surface area contributed by atoms with Crippen LogP contribution in [0.25, 0.3) is 0 Å². The summed E-state index contributed by atoms with van der Waals surface area (Å²) < 4.78 is 2.06. The molecule has 1 atom stereocenters. The second-order valence-corrected chi connectivity index (χ2v) is 7.85. The Morgan fingerprint density at radius 2 is 2.04 bits per heavy atom. The second-order valence-electron chi connectivity index (χ2n) is 7.85. The van der Waals surface area contributed by atoms with Crippen LogP contribution in [-0.2, 0) is 13.0 Å². The molecule has 0 fully saturated rings. The van der Waals surface area contributed by atoms with Gasteiger partial charge in [0.15, 0.2) is 0 Å². The van der Waals surface area contributed by atoms with E-state index in [1.165, 1.54) is 23.7 Å². The summed E-state index contributed by atoms with van der Waals surface area (Å²) in [4.78, 5) is 20.7. The SMILES string of the molecule is CC1(C)Cc2c(cnn2Cc2ccccc2)[C@H](NC(=O)c2cnccn2)C1. The maximum atomic E-state index is 12.6. The third-order valence-corrected chi connectivity index (χ3v) is 5.04. The van der Waals surface area contributed by atoms with Crippen LogP contribution in [0.15, 0.2) is 55.1 Å². The van der Waals surface area contributed by atoms with Crippen LogP contribution < -0.4 is 5.32 Å². The minimum Gasteiger partial charge on any atom is -0.344 e. The van der Waals surface area contributed by atoms with E-state index in [1.54, 1.807) is 6.20 Å². The molecule has 2 heterocycles. The van der Waals surface area contributed by atoms with Crippen molar-refractivity contribution in [3.05, 3.63) is 77.6 Å². The Hall–Kier alpha value is -3.02. The molecular weight excluding hydrogens is 338 g/mol. The van der Waals surface area contributed by atoms with Crippen molar-refractivity contribution in [2.75, 3.05) is 0 Å². The molecule has 6 heteroatoms. The molecule has 4 rings (SSSR count). The Labute approximate surface area is 158 Å². The highest BCUT2D eigenvalue weighted by atomic mass is 16.1. The van der Waals surface area contributed by atoms with E-state index < -0.39 is 0 Å². The molecule has 2 aromatic heterocycles. The number of carbonyl (C=O) groups excluding carboxylic acids is 1. The molecule has 27 heavy (non-hydrogen) atoms. The smallest absolute Gasteiger partial charge is 0.271 e. The van der Waals surface area contributed by atoms with E-state index in [-0.39, 0.29) is 17.4 Å². The second kappa shape index (κ2) is 6.95. The van der Waals surface area contributed by atoms with E-state index in [2.05, 4.69) is 51.0 Å². The number of carbonyl (C=O) groups is 1. The number of amides is 1. The van der Waals surface area contributed by atoms with Crippen molar-refractivity contribution in [3.63, 3.8) is 0 Å². The molecule has 0 unspecified atom stereocenters. The molecule has 0 saturated carbocycles. The third kappa shape index (κ3) is 3.74. The standard InChI is InChI=1S/C21H23N5O/c1-21(2)10-17(25-20(27)18-13-22-8-9-23-18)16-12-24-26(19(16)11-21)14-15-6-4-3-5-7-15/h3-9,12-13,17H,10-11,14H2,1-2H3,(H,25,27)/t17-/m1/s1. The molecule has 138 valence electrons. The van der Waals surface area contributed by atoms with Crippen molar-refractivity contribution in [2.24, 2.45) is 5.41 Å². The predicted octanol–water partition coefficient (Wildman–Crippen LogP) is 3.16. The molecule has 0 aliphatic heterocycles. The van der Waals surface area contributed by atoms with Gasteiger partial charge in [-0.25, -0.2) is 4.98 Å². The normalized spacial score (nSPS) is 17.9. The number of hydrogen-bond acceptors (Lipinski definition) is 4. The molecule has 3 aromatic rings. The lowest BCUT2D eigenvalue weighted by molar-refractivity contribution is 0.0913. The zero-order valence-electron chi connectivity index (χ0n) is 15.6. The van der Waals surface area contributed by atoms with Crippen LogP contribution in [0.1, 0.15) is 53.6 Å². The Balaban J connectivity index is 1.61. The fourth-order valence-electron chi connectivity index (χ4n) is 3.77. The maximum Gasteiger partial charge on any atom is 0.271 e. The van der Waals surface area contributed by atoms with Crippen molar-refractivity contribution in [1.82, 2.24) is 25.1 Å².